The topological polar surface area (TPSA) is 114 Å². The van der Waals surface area contributed by atoms with E-state index in [4.69, 9.17) is 9.47 Å². The molecule has 2 aliphatic rings. The molecule has 2 N–H and O–H groups in total. The molecule has 2 aromatic rings. The highest BCUT2D eigenvalue weighted by atomic mass is 32.1. The van der Waals surface area contributed by atoms with Crippen molar-refractivity contribution < 1.29 is 28.7 Å². The summed E-state index contributed by atoms with van der Waals surface area (Å²) >= 11 is 1.36. The molecule has 4 rings (SSSR count). The number of rotatable bonds is 7. The molecule has 0 unspecified atom stereocenters. The number of ether oxygens (including phenoxy) is 2. The average molecular weight is 500 g/mol. The van der Waals surface area contributed by atoms with Gasteiger partial charge in [-0.05, 0) is 62.3 Å². The van der Waals surface area contributed by atoms with Gasteiger partial charge >= 0.3 is 12.0 Å². The van der Waals surface area contributed by atoms with Gasteiger partial charge < -0.3 is 20.1 Å². The fourth-order valence-electron chi connectivity index (χ4n) is 4.54. The average Bonchev–Trinajstić information content (AvgIpc) is 3.28. The van der Waals surface area contributed by atoms with Gasteiger partial charge in [-0.15, -0.1) is 11.3 Å². The second-order valence-electron chi connectivity index (χ2n) is 9.00. The van der Waals surface area contributed by atoms with E-state index < -0.39 is 35.9 Å². The maximum Gasteiger partial charge on any atom is 0.341 e. The van der Waals surface area contributed by atoms with Gasteiger partial charge in [0.1, 0.15) is 22.8 Å². The predicted molar refractivity (Wildman–Crippen MR) is 131 cm³/mol. The predicted octanol–water partition coefficient (Wildman–Crippen LogP) is 3.46. The lowest BCUT2D eigenvalue weighted by molar-refractivity contribution is -0.133. The van der Waals surface area contributed by atoms with Crippen LogP contribution < -0.4 is 15.4 Å². The van der Waals surface area contributed by atoms with E-state index in [0.29, 0.717) is 27.8 Å². The van der Waals surface area contributed by atoms with Crippen LogP contribution in [0.3, 0.4) is 0 Å². The second-order valence-corrected chi connectivity index (χ2v) is 10.1. The summed E-state index contributed by atoms with van der Waals surface area (Å²) in [5, 5.41) is 5.85. The minimum Gasteiger partial charge on any atom is -0.497 e. The highest BCUT2D eigenvalue weighted by molar-refractivity contribution is 7.17. The summed E-state index contributed by atoms with van der Waals surface area (Å²) in [7, 11) is 1.51. The summed E-state index contributed by atoms with van der Waals surface area (Å²) in [5.41, 5.74) is 0.510. The van der Waals surface area contributed by atoms with Crippen molar-refractivity contribution in [3.05, 3.63) is 45.8 Å². The molecule has 1 saturated heterocycles. The normalized spacial score (nSPS) is 21.4. The Balaban J connectivity index is 1.54. The Kier molecular flexibility index (Phi) is 6.84. The van der Waals surface area contributed by atoms with Crippen molar-refractivity contribution in [2.75, 3.05) is 25.6 Å². The van der Waals surface area contributed by atoms with Crippen LogP contribution in [-0.2, 0) is 32.7 Å². The van der Waals surface area contributed by atoms with Gasteiger partial charge in [-0.3, -0.25) is 14.5 Å². The van der Waals surface area contributed by atoms with Gasteiger partial charge in [-0.2, -0.15) is 0 Å². The Morgan fingerprint density at radius 2 is 2.09 bits per heavy atom. The van der Waals surface area contributed by atoms with Crippen LogP contribution in [0.4, 0.5) is 9.80 Å². The highest BCUT2D eigenvalue weighted by Gasteiger charge is 2.49. The van der Waals surface area contributed by atoms with E-state index in [1.54, 1.807) is 38.1 Å². The maximum absolute atomic E-state index is 13.2. The van der Waals surface area contributed by atoms with Crippen LogP contribution in [0.2, 0.25) is 0 Å². The first-order valence-electron chi connectivity index (χ1n) is 11.6. The SMILES string of the molecule is CCOC(=O)c1c(NC(=O)CN2C(=O)N[C@@](C)(c3cccc(OC)c3)C2=O)sc2c1CC[C@H](C)C2. The third-order valence-electron chi connectivity index (χ3n) is 6.47. The van der Waals surface area contributed by atoms with Crippen LogP contribution in [-0.4, -0.2) is 49.0 Å². The number of carbonyl (C=O) groups excluding carboxylic acids is 4. The molecular weight excluding hydrogens is 470 g/mol. The molecule has 1 aliphatic carbocycles. The molecule has 1 fully saturated rings. The van der Waals surface area contributed by atoms with Crippen LogP contribution in [0.5, 0.6) is 5.75 Å². The van der Waals surface area contributed by atoms with Crippen LogP contribution in [0, 0.1) is 5.92 Å². The molecule has 1 aliphatic heterocycles. The summed E-state index contributed by atoms with van der Waals surface area (Å²) < 4.78 is 10.5. The van der Waals surface area contributed by atoms with Crippen LogP contribution in [0.15, 0.2) is 24.3 Å². The number of hydrogen-bond acceptors (Lipinski definition) is 7. The van der Waals surface area contributed by atoms with Crippen molar-refractivity contribution in [2.24, 2.45) is 5.92 Å². The molecule has 0 radical (unpaired) electrons. The number of hydrogen-bond donors (Lipinski definition) is 2. The molecule has 186 valence electrons. The lowest BCUT2D eigenvalue weighted by Crippen LogP contribution is -2.42. The number of fused-ring (bicyclic) bond motifs is 1. The third-order valence-corrected chi connectivity index (χ3v) is 7.64. The minimum atomic E-state index is -1.33. The fourth-order valence-corrected chi connectivity index (χ4v) is 5.95. The van der Waals surface area contributed by atoms with Gasteiger partial charge in [0, 0.05) is 4.88 Å². The van der Waals surface area contributed by atoms with Gasteiger partial charge in [-0.25, -0.2) is 9.59 Å². The summed E-state index contributed by atoms with van der Waals surface area (Å²) in [4.78, 5) is 53.5. The smallest absolute Gasteiger partial charge is 0.341 e. The van der Waals surface area contributed by atoms with E-state index in [0.717, 1.165) is 34.6 Å². The Bertz CT molecular complexity index is 1190. The number of carbonyl (C=O) groups is 4. The molecule has 4 amide bonds. The van der Waals surface area contributed by atoms with E-state index in [1.165, 1.54) is 18.4 Å². The quantitative estimate of drug-likeness (QED) is 0.446. The number of benzene rings is 1. The molecule has 2 atom stereocenters. The number of thiophene rings is 1. The summed E-state index contributed by atoms with van der Waals surface area (Å²) in [6, 6.07) is 6.18. The molecular formula is C25H29N3O6S. The number of nitrogens with one attached hydrogen (secondary N) is 2. The first kappa shape index (κ1) is 24.7. The number of anilines is 1. The molecule has 2 heterocycles. The van der Waals surface area contributed by atoms with Crippen LogP contribution in [0.25, 0.3) is 0 Å². The molecule has 9 nitrogen and oxygen atoms in total. The molecule has 0 spiro atoms. The molecule has 0 saturated carbocycles. The third kappa shape index (κ3) is 4.62. The van der Waals surface area contributed by atoms with Crippen molar-refractivity contribution in [3.8, 4) is 5.75 Å². The van der Waals surface area contributed by atoms with E-state index >= 15 is 0 Å². The highest BCUT2D eigenvalue weighted by Crippen LogP contribution is 2.40. The molecule has 10 heteroatoms. The zero-order chi connectivity index (χ0) is 25.3. The van der Waals surface area contributed by atoms with Gasteiger partial charge in [0.05, 0.1) is 19.3 Å². The Morgan fingerprint density at radius 3 is 2.80 bits per heavy atom. The molecule has 1 aromatic carbocycles. The van der Waals surface area contributed by atoms with Gasteiger partial charge in [0.25, 0.3) is 5.91 Å². The van der Waals surface area contributed by atoms with Crippen molar-refractivity contribution in [3.63, 3.8) is 0 Å². The Labute approximate surface area is 207 Å². The van der Waals surface area contributed by atoms with Crippen molar-refractivity contribution in [1.82, 2.24) is 10.2 Å². The summed E-state index contributed by atoms with van der Waals surface area (Å²) in [5.74, 6) is -0.559. The number of imide groups is 1. The van der Waals surface area contributed by atoms with Gasteiger partial charge in [0.2, 0.25) is 5.91 Å². The van der Waals surface area contributed by atoms with Crippen LogP contribution in [0.1, 0.15) is 53.6 Å². The lowest BCUT2D eigenvalue weighted by Gasteiger charge is -2.22. The van der Waals surface area contributed by atoms with E-state index in [1.807, 2.05) is 0 Å². The van der Waals surface area contributed by atoms with Crippen molar-refractivity contribution in [2.45, 2.75) is 45.6 Å². The lowest BCUT2D eigenvalue weighted by atomic mass is 9.88. The van der Waals surface area contributed by atoms with Crippen molar-refractivity contribution >= 4 is 40.2 Å². The minimum absolute atomic E-state index is 0.221. The first-order valence-corrected chi connectivity index (χ1v) is 12.4. The number of amides is 4. The zero-order valence-corrected chi connectivity index (χ0v) is 21.0. The fraction of sp³-hybridized carbons (Fsp3) is 0.440. The first-order chi connectivity index (χ1) is 16.7. The molecule has 1 aromatic heterocycles. The van der Waals surface area contributed by atoms with Gasteiger partial charge in [0.15, 0.2) is 0 Å². The largest absolute Gasteiger partial charge is 0.497 e. The number of methoxy groups -OCH3 is 1. The zero-order valence-electron chi connectivity index (χ0n) is 20.2. The number of nitrogens with zero attached hydrogens (tertiary/aromatic N) is 1. The van der Waals surface area contributed by atoms with Crippen molar-refractivity contribution in [1.29, 1.82) is 0 Å². The van der Waals surface area contributed by atoms with Gasteiger partial charge in [-0.1, -0.05) is 19.1 Å². The monoisotopic (exact) mass is 499 g/mol. The van der Waals surface area contributed by atoms with E-state index in [-0.39, 0.29) is 6.61 Å². The second kappa shape index (κ2) is 9.69. The van der Waals surface area contributed by atoms with Crippen LogP contribution >= 0.6 is 11.3 Å². The summed E-state index contributed by atoms with van der Waals surface area (Å²) in [6.45, 7) is 5.22. The van der Waals surface area contributed by atoms with E-state index in [9.17, 15) is 19.2 Å². The van der Waals surface area contributed by atoms with E-state index in [2.05, 4.69) is 17.6 Å². The number of esters is 1. The number of urea groups is 1. The maximum atomic E-state index is 13.2. The standard InChI is InChI=1S/C25H29N3O6S/c1-5-34-22(30)20-17-10-9-14(2)11-18(17)35-21(20)26-19(29)13-28-23(31)25(3,27-24(28)32)15-7-6-8-16(12-15)33-4/h6-8,12,14H,5,9-11,13H2,1-4H3,(H,26,29)(H,27,32)/t14-,25-/m0/s1. The Morgan fingerprint density at radius 1 is 1.31 bits per heavy atom. The molecule has 0 bridgehead atoms. The Hall–Kier alpha value is -3.40. The summed E-state index contributed by atoms with van der Waals surface area (Å²) in [6.07, 6.45) is 2.52. The molecule has 35 heavy (non-hydrogen) atoms.